The predicted octanol–water partition coefficient (Wildman–Crippen LogP) is 31.9. The molecule has 4 N–H and O–H groups in total. The van der Waals surface area contributed by atoms with E-state index in [2.05, 4.69) is 336 Å². The molecule has 0 spiro atoms. The van der Waals surface area contributed by atoms with E-state index in [1.54, 1.807) is 22.7 Å². The predicted molar refractivity (Wildman–Crippen MR) is 508 cm³/mol. The second-order valence-electron chi connectivity index (χ2n) is 40.3. The molecule has 12 aromatic carbocycles. The summed E-state index contributed by atoms with van der Waals surface area (Å²) in [6.07, 6.45) is 1.65. The summed E-state index contributed by atoms with van der Waals surface area (Å²) >= 11 is 3.23. The van der Waals surface area contributed by atoms with Crippen molar-refractivity contribution in [2.45, 2.75) is 222 Å². The monoisotopic (exact) mass is 1750 g/mol. The molecule has 0 aliphatic rings. The molecule has 4 nitrogen and oxygen atoms in total. The van der Waals surface area contributed by atoms with Gasteiger partial charge in [-0.2, -0.15) is 49.2 Å². The van der Waals surface area contributed by atoms with E-state index in [4.69, 9.17) is 9.47 Å². The van der Waals surface area contributed by atoms with Crippen molar-refractivity contribution in [1.29, 1.82) is 0 Å². The molecule has 0 saturated carbocycles. The summed E-state index contributed by atoms with van der Waals surface area (Å²) in [5, 5.41) is 39.4. The molecule has 606 valence electrons. The average Bonchev–Trinajstić information content (AvgIpc) is 1.16. The van der Waals surface area contributed by atoms with Gasteiger partial charge in [0.05, 0.1) is 20.9 Å². The number of fused-ring (bicyclic) bond motifs is 4. The van der Waals surface area contributed by atoms with Crippen LogP contribution in [0, 0.1) is 13.8 Å². The van der Waals surface area contributed by atoms with Gasteiger partial charge in [-0.1, -0.05) is 287 Å². The number of hydrogen-bond donors (Lipinski definition) is 2. The summed E-state index contributed by atoms with van der Waals surface area (Å²) in [5.41, 5.74) is 22.3. The third-order valence-corrected chi connectivity index (χ3v) is 24.8. The van der Waals surface area contributed by atoms with Gasteiger partial charge in [-0.25, -0.2) is 0 Å². The number of hydrogen-bond acceptors (Lipinski definition) is 4. The summed E-state index contributed by atoms with van der Waals surface area (Å²) in [4.78, 5) is 1.71. The minimum absolute atomic E-state index is 0. The van der Waals surface area contributed by atoms with Gasteiger partial charge in [-0.05, 0) is 190 Å². The van der Waals surface area contributed by atoms with Gasteiger partial charge >= 0.3 is 0 Å². The number of benzene rings is 12. The molecular weight excluding hydrogens is 1630 g/mol. The van der Waals surface area contributed by atoms with Gasteiger partial charge in [0.15, 0.2) is 13.2 Å². The van der Waals surface area contributed by atoms with Crippen molar-refractivity contribution in [3.63, 3.8) is 0 Å². The summed E-state index contributed by atoms with van der Waals surface area (Å²) in [6.45, 7) is 64.1. The maximum atomic E-state index is 12.9. The minimum atomic E-state index is -0.0969. The van der Waals surface area contributed by atoms with E-state index in [1.807, 2.05) is 72.8 Å². The smallest absolute Gasteiger partial charge is 0.262 e. The minimum Gasteiger partial charge on any atom is -0.582 e. The van der Waals surface area contributed by atoms with Crippen molar-refractivity contribution < 1.29 is 45.5 Å². The fourth-order valence-electron chi connectivity index (χ4n) is 15.4. The van der Waals surface area contributed by atoms with Crippen molar-refractivity contribution in [2.75, 3.05) is 13.2 Å². The molecule has 2 heterocycles. The number of thiophene rings is 2. The summed E-state index contributed by atoms with van der Waals surface area (Å²) in [6, 6.07) is 79.2. The van der Waals surface area contributed by atoms with Gasteiger partial charge in [0.1, 0.15) is 11.5 Å². The molecule has 0 radical (unpaired) electrons. The Balaban J connectivity index is 0.000000811. The van der Waals surface area contributed by atoms with Gasteiger partial charge in [-0.15, -0.1) is 46.9 Å². The van der Waals surface area contributed by atoms with E-state index in [9.17, 15) is 10.2 Å². The molecule has 7 heteroatoms. The molecule has 0 aliphatic heterocycles. The molecule has 0 atom stereocenters. The van der Waals surface area contributed by atoms with Crippen molar-refractivity contribution in [1.82, 2.24) is 0 Å². The zero-order valence-corrected chi connectivity index (χ0v) is 79.5. The van der Waals surface area contributed by atoms with Gasteiger partial charge in [0.2, 0.25) is 0 Å². The molecule has 0 fully saturated rings. The number of aliphatic hydroxyl groups is 2. The van der Waals surface area contributed by atoms with E-state index in [0.717, 1.165) is 100 Å². The van der Waals surface area contributed by atoms with Crippen LogP contribution < -0.4 is 0 Å². The largest absolute Gasteiger partial charge is 0.582 e. The molecule has 0 saturated heterocycles. The van der Waals surface area contributed by atoms with Crippen LogP contribution in [0.4, 0.5) is 0 Å². The van der Waals surface area contributed by atoms with Crippen molar-refractivity contribution >= 4 is 65.8 Å². The standard InChI is InChI=1S/C96H110O4S2.2C7H7.Hf/c1-89(2,3)59-35-39-69-73(51-59)81(57-45-63(93(13,14)15)49-64(46-57)94(16,17)18)74-52-60(90(4,5)6)36-40-70(74)83(69)87-85(97)77(55-101-87)67-31-25-27-33-79(67)99-43-29-30-44-100-80-34-28-26-32-68(80)78-56-102-88(86(78)98)84-71-41-37-61(91(7,8)9)53-75(71)82(76-54-62(92(10,11)12)38-42-72(76)84)58-47-65(95(19,20)21)50-66(48-58)96(22,23)24;2*1-7-5-3-2-4-6-7;/h25-28,31-42,45-56,97-98H,29-30,43-44H2,1-24H3;2*2-6H,1H2;/q;2*-1;/p+2. The third kappa shape index (κ3) is 19.8. The molecule has 2 aromatic heterocycles. The van der Waals surface area contributed by atoms with Crippen LogP contribution in [-0.4, -0.2) is 32.9 Å². The molecule has 14 aromatic rings. The maximum Gasteiger partial charge on any atom is 0.262 e. The van der Waals surface area contributed by atoms with E-state index >= 15 is 0 Å². The van der Waals surface area contributed by atoms with Crippen molar-refractivity contribution in [3.8, 4) is 88.4 Å². The van der Waals surface area contributed by atoms with Gasteiger partial charge in [0, 0.05) is 83.8 Å². The number of rotatable bonds is 13. The van der Waals surface area contributed by atoms with Gasteiger partial charge < -0.3 is 19.7 Å². The van der Waals surface area contributed by atoms with Crippen LogP contribution in [0.3, 0.4) is 0 Å². The van der Waals surface area contributed by atoms with E-state index < -0.39 is 0 Å². The number of ether oxygens (including phenoxy) is 2. The van der Waals surface area contributed by atoms with Crippen LogP contribution in [0.2, 0.25) is 0 Å². The molecule has 117 heavy (non-hydrogen) atoms. The van der Waals surface area contributed by atoms with Crippen LogP contribution in [0.1, 0.15) is 235 Å². The first-order valence-corrected chi connectivity index (χ1v) is 43.3. The number of aromatic hydroxyl groups is 4. The van der Waals surface area contributed by atoms with Gasteiger partial charge in [0.25, 0.3) is 11.5 Å². The summed E-state index contributed by atoms with van der Waals surface area (Å²) < 4.78 is 10.5. The van der Waals surface area contributed by atoms with E-state index in [1.165, 1.54) is 88.3 Å². The molecule has 0 amide bonds. The topological polar surface area (TPSA) is 66.1 Å². The zero-order chi connectivity index (χ0) is 84.2. The van der Waals surface area contributed by atoms with Crippen LogP contribution >= 0.6 is 22.7 Å². The molecule has 0 bridgehead atoms. The first kappa shape index (κ1) is 88.7. The molecular formula is C110H126HfO4S2. The summed E-state index contributed by atoms with van der Waals surface area (Å²) in [7, 11) is 0. The first-order valence-electron chi connectivity index (χ1n) is 41.6. The van der Waals surface area contributed by atoms with Crippen molar-refractivity contribution in [3.05, 3.63) is 299 Å². The van der Waals surface area contributed by atoms with Crippen LogP contribution in [0.25, 0.3) is 108 Å². The zero-order valence-electron chi connectivity index (χ0n) is 74.3. The SMILES string of the molecule is CC(C)(C)c1cc(-c2c3cc(C(C)(C)C)ccc3c(-c3scc(-c4ccccc4[OH+]CCCC[OH+]c4ccccc4-c4csc(-c5c6ccc(C(C)(C)C)cc6c(-c6cc(C(C)(C)C)cc(C(C)(C)C)c6)c6cc(C(C)(C)C)ccc56)c4O)c3O)c3ccc(C(C)(C)C)cc23)cc(C(C)(C)C)c1.[CH2-]c1ccccc1.[CH2-]c1ccccc1.[Hf]. The Labute approximate surface area is 728 Å². The Morgan fingerprint density at radius 3 is 0.752 bits per heavy atom. The molecule has 0 unspecified atom stereocenters. The van der Waals surface area contributed by atoms with E-state index in [0.29, 0.717) is 13.2 Å². The quantitative estimate of drug-likeness (QED) is 0.0397. The second-order valence-corrected chi connectivity index (χ2v) is 42.0. The Morgan fingerprint density at radius 1 is 0.265 bits per heavy atom. The fraction of sp³-hybridized carbons (Fsp3) is 0.327. The number of unbranched alkanes of at least 4 members (excludes halogenated alkanes) is 1. The maximum absolute atomic E-state index is 12.9. The Bertz CT molecular complexity index is 5310. The Hall–Kier alpha value is -9.11. The Morgan fingerprint density at radius 2 is 0.513 bits per heavy atom. The van der Waals surface area contributed by atoms with Crippen LogP contribution in [0.5, 0.6) is 23.0 Å². The third-order valence-electron chi connectivity index (χ3n) is 22.8. The number of para-hydroxylation sites is 2. The second kappa shape index (κ2) is 34.3. The Kier molecular flexibility index (Phi) is 26.0. The first-order chi connectivity index (χ1) is 54.3. The molecule has 0 aliphatic carbocycles. The van der Waals surface area contributed by atoms with Crippen LogP contribution in [-0.2, 0) is 69.2 Å². The molecule has 14 rings (SSSR count). The summed E-state index contributed by atoms with van der Waals surface area (Å²) in [5.74, 6) is 2.27. The fourth-order valence-corrected chi connectivity index (χ4v) is 17.5. The normalized spacial score (nSPS) is 12.5. The average molecular weight is 1750 g/mol. The van der Waals surface area contributed by atoms with E-state index in [-0.39, 0.29) is 80.7 Å². The van der Waals surface area contributed by atoms with Gasteiger partial charge in [-0.3, -0.25) is 0 Å². The van der Waals surface area contributed by atoms with Crippen LogP contribution in [0.15, 0.2) is 229 Å². The van der Waals surface area contributed by atoms with Crippen molar-refractivity contribution in [2.24, 2.45) is 0 Å².